The molecule has 0 saturated heterocycles. The van der Waals surface area contributed by atoms with Crippen LogP contribution < -0.4 is 15.8 Å². The maximum absolute atomic E-state index is 11.5. The number of hydrogen-bond acceptors (Lipinski definition) is 5. The minimum Gasteiger partial charge on any atom is -0.480 e. The van der Waals surface area contributed by atoms with E-state index in [0.29, 0.717) is 10.8 Å². The molecule has 8 heteroatoms. The summed E-state index contributed by atoms with van der Waals surface area (Å²) in [5.74, 6) is -1.26. The van der Waals surface area contributed by atoms with Gasteiger partial charge in [0.15, 0.2) is 12.7 Å². The second kappa shape index (κ2) is 7.49. The topological polar surface area (TPSA) is 108 Å². The monoisotopic (exact) mass is 314 g/mol. The Morgan fingerprint density at radius 2 is 2.05 bits per heavy atom. The normalized spacial score (nSPS) is 11.4. The predicted octanol–water partition coefficient (Wildman–Crippen LogP) is 1.15. The molecule has 0 radical (unpaired) electrons. The van der Waals surface area contributed by atoms with Crippen LogP contribution in [-0.4, -0.2) is 30.6 Å². The van der Waals surface area contributed by atoms with Crippen molar-refractivity contribution in [1.82, 2.24) is 5.32 Å². The molecule has 7 nitrogen and oxygen atoms in total. The van der Waals surface area contributed by atoms with E-state index in [1.165, 1.54) is 6.92 Å². The highest BCUT2D eigenvalue weighted by Gasteiger charge is 2.19. The van der Waals surface area contributed by atoms with Crippen LogP contribution >= 0.6 is 11.6 Å². The number of nitrogens with one attached hydrogen (secondary N) is 1. The molecule has 1 rings (SSSR count). The Morgan fingerprint density at radius 1 is 1.38 bits per heavy atom. The van der Waals surface area contributed by atoms with Crippen LogP contribution in [0.5, 0.6) is 5.75 Å². The van der Waals surface area contributed by atoms with Gasteiger partial charge < -0.3 is 15.2 Å². The van der Waals surface area contributed by atoms with Crippen LogP contribution in [0.2, 0.25) is 5.02 Å². The van der Waals surface area contributed by atoms with Crippen molar-refractivity contribution in [2.75, 3.05) is 6.61 Å². The number of imide groups is 1. The third-order valence-corrected chi connectivity index (χ3v) is 2.67. The second-order valence-electron chi connectivity index (χ2n) is 4.21. The molecular formula is C13H15ClN2O5. The molecule has 21 heavy (non-hydrogen) atoms. The third-order valence-electron chi connectivity index (χ3n) is 2.36. The van der Waals surface area contributed by atoms with E-state index in [1.54, 1.807) is 23.5 Å². The Morgan fingerprint density at radius 3 is 2.67 bits per heavy atom. The summed E-state index contributed by atoms with van der Waals surface area (Å²) in [4.78, 5) is 33.3. The molecule has 0 aromatic heterocycles. The van der Waals surface area contributed by atoms with Gasteiger partial charge >= 0.3 is 12.0 Å². The molecule has 1 aromatic carbocycles. The number of urea groups is 1. The lowest BCUT2D eigenvalue weighted by molar-refractivity contribution is -0.156. The molecule has 114 valence electrons. The third kappa shape index (κ3) is 5.70. The van der Waals surface area contributed by atoms with Gasteiger partial charge in [-0.2, -0.15) is 0 Å². The first kappa shape index (κ1) is 16.8. The van der Waals surface area contributed by atoms with Gasteiger partial charge in [-0.25, -0.2) is 9.59 Å². The van der Waals surface area contributed by atoms with Crippen molar-refractivity contribution < 1.29 is 23.9 Å². The molecule has 0 fully saturated rings. The first-order chi connectivity index (χ1) is 9.79. The summed E-state index contributed by atoms with van der Waals surface area (Å²) >= 11 is 5.90. The zero-order chi connectivity index (χ0) is 16.0. The minimum absolute atomic E-state index is 0.336. The molecule has 3 N–H and O–H groups in total. The van der Waals surface area contributed by atoms with E-state index in [4.69, 9.17) is 26.8 Å². The number of carbonyl (C=O) groups excluding carboxylic acids is 3. The van der Waals surface area contributed by atoms with Crippen LogP contribution in [0.1, 0.15) is 12.5 Å². The first-order valence-electron chi connectivity index (χ1n) is 5.98. The molecule has 1 aromatic rings. The SMILES string of the molecule is Cc1ccc(Cl)c(OCC(=O)O[C@@H](C)C(=O)NC(N)=O)c1. The molecule has 0 heterocycles. The lowest BCUT2D eigenvalue weighted by Crippen LogP contribution is -2.42. The smallest absolute Gasteiger partial charge is 0.344 e. The first-order valence-corrected chi connectivity index (χ1v) is 6.36. The van der Waals surface area contributed by atoms with E-state index < -0.39 is 30.6 Å². The Balaban J connectivity index is 2.49. The number of ether oxygens (including phenoxy) is 2. The lowest BCUT2D eigenvalue weighted by atomic mass is 10.2. The van der Waals surface area contributed by atoms with Crippen molar-refractivity contribution in [2.24, 2.45) is 5.73 Å². The van der Waals surface area contributed by atoms with E-state index in [9.17, 15) is 14.4 Å². The Hall–Kier alpha value is -2.28. The van der Waals surface area contributed by atoms with Gasteiger partial charge in [0.2, 0.25) is 0 Å². The van der Waals surface area contributed by atoms with Crippen LogP contribution in [0.25, 0.3) is 0 Å². The number of amides is 3. The van der Waals surface area contributed by atoms with Gasteiger partial charge in [-0.1, -0.05) is 17.7 Å². The minimum atomic E-state index is -1.17. The Labute approximate surface area is 126 Å². The van der Waals surface area contributed by atoms with Gasteiger partial charge in [-0.15, -0.1) is 0 Å². The molecule has 1 atom stereocenters. The number of halogens is 1. The Kier molecular flexibility index (Phi) is 5.98. The van der Waals surface area contributed by atoms with Crippen LogP contribution in [-0.2, 0) is 14.3 Å². The largest absolute Gasteiger partial charge is 0.480 e. The van der Waals surface area contributed by atoms with Gasteiger partial charge in [0.05, 0.1) is 5.02 Å². The summed E-state index contributed by atoms with van der Waals surface area (Å²) < 4.78 is 9.99. The molecule has 0 aliphatic rings. The maximum atomic E-state index is 11.5. The molecule has 0 aliphatic heterocycles. The molecule has 0 bridgehead atoms. The summed E-state index contributed by atoms with van der Waals surface area (Å²) in [5, 5.41) is 2.15. The highest BCUT2D eigenvalue weighted by atomic mass is 35.5. The van der Waals surface area contributed by atoms with Gasteiger partial charge in [0, 0.05) is 0 Å². The number of primary amides is 1. The summed E-state index contributed by atoms with van der Waals surface area (Å²) in [5.41, 5.74) is 5.69. The number of esters is 1. The number of aryl methyl sites for hydroxylation is 1. The molecule has 0 unspecified atom stereocenters. The van der Waals surface area contributed by atoms with Crippen molar-refractivity contribution in [3.8, 4) is 5.75 Å². The molecule has 0 spiro atoms. The van der Waals surface area contributed by atoms with E-state index in [-0.39, 0.29) is 0 Å². The number of carbonyl (C=O) groups is 3. The van der Waals surface area contributed by atoms with E-state index in [0.717, 1.165) is 5.56 Å². The number of benzene rings is 1. The highest BCUT2D eigenvalue weighted by Crippen LogP contribution is 2.25. The fourth-order valence-corrected chi connectivity index (χ4v) is 1.54. The fraction of sp³-hybridized carbons (Fsp3) is 0.308. The van der Waals surface area contributed by atoms with Crippen molar-refractivity contribution in [2.45, 2.75) is 20.0 Å². The maximum Gasteiger partial charge on any atom is 0.344 e. The van der Waals surface area contributed by atoms with E-state index in [1.807, 2.05) is 6.92 Å². The van der Waals surface area contributed by atoms with Crippen molar-refractivity contribution in [1.29, 1.82) is 0 Å². The summed E-state index contributed by atoms with van der Waals surface area (Å²) in [7, 11) is 0. The average Bonchev–Trinajstić information content (AvgIpc) is 2.39. The standard InChI is InChI=1S/C13H15ClN2O5/c1-7-3-4-9(14)10(5-7)20-6-11(17)21-8(2)12(18)16-13(15)19/h3-5,8H,6H2,1-2H3,(H3,15,16,18,19)/t8-/m0/s1. The van der Waals surface area contributed by atoms with Crippen LogP contribution in [0, 0.1) is 6.92 Å². The second-order valence-corrected chi connectivity index (χ2v) is 4.62. The average molecular weight is 315 g/mol. The summed E-state index contributed by atoms with van der Waals surface area (Å²) in [6, 6.07) is 4.08. The van der Waals surface area contributed by atoms with Gasteiger partial charge in [0.25, 0.3) is 5.91 Å². The number of hydrogen-bond donors (Lipinski definition) is 2. The Bertz CT molecular complexity index is 561. The zero-order valence-electron chi connectivity index (χ0n) is 11.5. The highest BCUT2D eigenvalue weighted by molar-refractivity contribution is 6.32. The van der Waals surface area contributed by atoms with Crippen molar-refractivity contribution >= 4 is 29.5 Å². The molecular weight excluding hydrogens is 300 g/mol. The molecule has 0 saturated carbocycles. The van der Waals surface area contributed by atoms with Gasteiger partial charge in [-0.3, -0.25) is 10.1 Å². The quantitative estimate of drug-likeness (QED) is 0.793. The van der Waals surface area contributed by atoms with Crippen molar-refractivity contribution in [3.05, 3.63) is 28.8 Å². The van der Waals surface area contributed by atoms with Crippen LogP contribution in [0.3, 0.4) is 0 Å². The van der Waals surface area contributed by atoms with E-state index >= 15 is 0 Å². The van der Waals surface area contributed by atoms with E-state index in [2.05, 4.69) is 0 Å². The predicted molar refractivity (Wildman–Crippen MR) is 75.0 cm³/mol. The van der Waals surface area contributed by atoms with Crippen LogP contribution in [0.15, 0.2) is 18.2 Å². The van der Waals surface area contributed by atoms with Crippen molar-refractivity contribution in [3.63, 3.8) is 0 Å². The number of rotatable bonds is 5. The lowest BCUT2D eigenvalue weighted by Gasteiger charge is -2.13. The van der Waals surface area contributed by atoms with Gasteiger partial charge in [-0.05, 0) is 31.5 Å². The summed E-state index contributed by atoms with van der Waals surface area (Å²) in [6.07, 6.45) is -1.17. The summed E-state index contributed by atoms with van der Waals surface area (Å²) in [6.45, 7) is 2.73. The zero-order valence-corrected chi connectivity index (χ0v) is 12.3. The molecule has 0 aliphatic carbocycles. The fourth-order valence-electron chi connectivity index (χ4n) is 1.37. The number of nitrogens with two attached hydrogens (primary N) is 1. The van der Waals surface area contributed by atoms with Gasteiger partial charge in [0.1, 0.15) is 5.75 Å². The molecule has 3 amide bonds. The van der Waals surface area contributed by atoms with Crippen LogP contribution in [0.4, 0.5) is 4.79 Å².